The lowest BCUT2D eigenvalue weighted by Gasteiger charge is -2.24. The van der Waals surface area contributed by atoms with E-state index in [4.69, 9.17) is 0 Å². The molecule has 0 aliphatic carbocycles. The van der Waals surface area contributed by atoms with Crippen LogP contribution < -0.4 is 0 Å². The highest BCUT2D eigenvalue weighted by Gasteiger charge is 2.27. The summed E-state index contributed by atoms with van der Waals surface area (Å²) in [6.45, 7) is 3.46. The van der Waals surface area contributed by atoms with Gasteiger partial charge in [-0.1, -0.05) is 29.8 Å². The van der Waals surface area contributed by atoms with Gasteiger partial charge >= 0.3 is 0 Å². The van der Waals surface area contributed by atoms with Gasteiger partial charge in [-0.25, -0.2) is 0 Å². The number of halogens is 1. The average Bonchev–Trinajstić information content (AvgIpc) is 2.12. The topological polar surface area (TPSA) is 60.7 Å². The van der Waals surface area contributed by atoms with Crippen molar-refractivity contribution in [3.63, 3.8) is 0 Å². The maximum absolute atomic E-state index is 9.65. The van der Waals surface area contributed by atoms with E-state index in [1.54, 1.807) is 19.9 Å². The summed E-state index contributed by atoms with van der Waals surface area (Å²) in [7, 11) is 0. The maximum atomic E-state index is 9.65. The lowest BCUT2D eigenvalue weighted by atomic mass is 9.85. The fourth-order valence-corrected chi connectivity index (χ4v) is 2.14. The van der Waals surface area contributed by atoms with Gasteiger partial charge in [0.2, 0.25) is 0 Å². The predicted molar refractivity (Wildman–Crippen MR) is 57.6 cm³/mol. The van der Waals surface area contributed by atoms with E-state index in [1.807, 2.05) is 0 Å². The maximum Gasteiger partial charge on any atom is 0.162 e. The van der Waals surface area contributed by atoms with Gasteiger partial charge in [0, 0.05) is 15.5 Å². The Bertz CT molecular complexity index is 347. The molecule has 1 aromatic rings. The van der Waals surface area contributed by atoms with Crippen LogP contribution in [-0.2, 0) is 5.41 Å². The fraction of sp³-hybridized carbons (Fsp3) is 0.400. The molecule has 4 heteroatoms. The number of benzene rings is 1. The molecule has 0 unspecified atom stereocenters. The highest BCUT2D eigenvalue weighted by molar-refractivity contribution is 9.10. The van der Waals surface area contributed by atoms with Crippen LogP contribution in [0.3, 0.4) is 0 Å². The van der Waals surface area contributed by atoms with Gasteiger partial charge in [0.15, 0.2) is 11.5 Å². The van der Waals surface area contributed by atoms with Crippen LogP contribution in [0.2, 0.25) is 0 Å². The first kappa shape index (κ1) is 11.3. The second kappa shape index (κ2) is 3.79. The number of aliphatic hydroxyl groups is 1. The van der Waals surface area contributed by atoms with Gasteiger partial charge in [0.1, 0.15) is 0 Å². The molecule has 0 aromatic heterocycles. The molecule has 0 spiro atoms. The molecule has 3 nitrogen and oxygen atoms in total. The largest absolute Gasteiger partial charge is 0.504 e. The lowest BCUT2D eigenvalue weighted by Crippen LogP contribution is -2.22. The minimum atomic E-state index is -0.596. The van der Waals surface area contributed by atoms with Crippen LogP contribution in [0.5, 0.6) is 11.5 Å². The van der Waals surface area contributed by atoms with E-state index in [-0.39, 0.29) is 18.1 Å². The van der Waals surface area contributed by atoms with Crippen molar-refractivity contribution >= 4 is 15.9 Å². The molecule has 0 radical (unpaired) electrons. The summed E-state index contributed by atoms with van der Waals surface area (Å²) in [5.74, 6) is -0.358. The number of hydrogen-bond donors (Lipinski definition) is 3. The zero-order chi connectivity index (χ0) is 10.9. The summed E-state index contributed by atoms with van der Waals surface area (Å²) in [6.07, 6.45) is 0. The van der Waals surface area contributed by atoms with Crippen molar-refractivity contribution in [2.75, 3.05) is 6.61 Å². The molecule has 1 rings (SSSR count). The van der Waals surface area contributed by atoms with Gasteiger partial charge in [-0.3, -0.25) is 0 Å². The number of phenolic OH excluding ortho intramolecular Hbond substituents is 2. The number of aromatic hydroxyl groups is 2. The molecule has 3 N–H and O–H groups in total. The third kappa shape index (κ3) is 1.86. The van der Waals surface area contributed by atoms with E-state index in [0.29, 0.717) is 10.0 Å². The molecule has 0 heterocycles. The van der Waals surface area contributed by atoms with Crippen molar-refractivity contribution in [1.29, 1.82) is 0 Å². The quantitative estimate of drug-likeness (QED) is 0.715. The van der Waals surface area contributed by atoms with E-state index in [2.05, 4.69) is 15.9 Å². The Kier molecular flexibility index (Phi) is 3.07. The molecule has 0 fully saturated rings. The Labute approximate surface area is 91.1 Å². The van der Waals surface area contributed by atoms with Gasteiger partial charge in [-0.15, -0.1) is 0 Å². The molecular weight excluding hydrogens is 248 g/mol. The van der Waals surface area contributed by atoms with Crippen molar-refractivity contribution in [2.24, 2.45) is 0 Å². The van der Waals surface area contributed by atoms with E-state index < -0.39 is 5.41 Å². The second-order valence-electron chi connectivity index (χ2n) is 3.83. The van der Waals surface area contributed by atoms with Crippen LogP contribution >= 0.6 is 15.9 Å². The molecule has 78 valence electrons. The highest BCUT2D eigenvalue weighted by Crippen LogP contribution is 2.41. The van der Waals surface area contributed by atoms with Crippen LogP contribution in [0, 0.1) is 0 Å². The summed E-state index contributed by atoms with van der Waals surface area (Å²) >= 11 is 3.28. The summed E-state index contributed by atoms with van der Waals surface area (Å²) in [5, 5.41) is 28.2. The number of rotatable bonds is 2. The Morgan fingerprint density at radius 3 is 2.36 bits per heavy atom. The molecule has 0 aliphatic heterocycles. The Balaban J connectivity index is 3.40. The van der Waals surface area contributed by atoms with E-state index >= 15 is 0 Å². The third-order valence-corrected chi connectivity index (χ3v) is 2.84. The fourth-order valence-electron chi connectivity index (χ4n) is 1.28. The number of phenols is 2. The Hall–Kier alpha value is -0.740. The van der Waals surface area contributed by atoms with Crippen molar-refractivity contribution in [3.8, 4) is 11.5 Å². The smallest absolute Gasteiger partial charge is 0.162 e. The van der Waals surface area contributed by atoms with E-state index in [0.717, 1.165) is 0 Å². The number of hydrogen-bond acceptors (Lipinski definition) is 3. The first-order chi connectivity index (χ1) is 6.40. The normalized spacial score (nSPS) is 11.7. The average molecular weight is 261 g/mol. The van der Waals surface area contributed by atoms with Gasteiger partial charge in [0.25, 0.3) is 0 Å². The summed E-state index contributed by atoms with van der Waals surface area (Å²) < 4.78 is 0.673. The molecule has 1 aromatic carbocycles. The van der Waals surface area contributed by atoms with Crippen molar-refractivity contribution in [1.82, 2.24) is 0 Å². The first-order valence-corrected chi connectivity index (χ1v) is 5.01. The van der Waals surface area contributed by atoms with Gasteiger partial charge in [-0.05, 0) is 12.1 Å². The minimum Gasteiger partial charge on any atom is -0.504 e. The Morgan fingerprint density at radius 2 is 1.86 bits per heavy atom. The predicted octanol–water partition coefficient (Wildman–Crippen LogP) is 2.13. The molecular formula is C10H13BrO3. The molecule has 0 bridgehead atoms. The van der Waals surface area contributed by atoms with Crippen LogP contribution in [0.1, 0.15) is 19.4 Å². The third-order valence-electron chi connectivity index (χ3n) is 2.18. The van der Waals surface area contributed by atoms with Crippen LogP contribution in [0.4, 0.5) is 0 Å². The monoisotopic (exact) mass is 260 g/mol. The molecule has 0 atom stereocenters. The van der Waals surface area contributed by atoms with E-state index in [9.17, 15) is 15.3 Å². The zero-order valence-electron chi connectivity index (χ0n) is 8.08. The van der Waals surface area contributed by atoms with Gasteiger partial charge < -0.3 is 15.3 Å². The summed E-state index contributed by atoms with van der Waals surface area (Å²) in [6, 6.07) is 3.04. The standard InChI is InChI=1S/C10H13BrO3/c1-10(2,5-12)8-6(11)3-4-7(13)9(8)14/h3-4,12-14H,5H2,1-2H3. The van der Waals surface area contributed by atoms with Crippen LogP contribution in [-0.4, -0.2) is 21.9 Å². The minimum absolute atomic E-state index is 0.109. The van der Waals surface area contributed by atoms with Crippen LogP contribution in [0.15, 0.2) is 16.6 Å². The van der Waals surface area contributed by atoms with Crippen molar-refractivity contribution in [2.45, 2.75) is 19.3 Å². The summed E-state index contributed by atoms with van der Waals surface area (Å²) in [5.41, 5.74) is -0.0817. The highest BCUT2D eigenvalue weighted by atomic mass is 79.9. The number of aliphatic hydroxyl groups excluding tert-OH is 1. The van der Waals surface area contributed by atoms with Gasteiger partial charge in [-0.2, -0.15) is 0 Å². The van der Waals surface area contributed by atoms with E-state index in [1.165, 1.54) is 6.07 Å². The summed E-state index contributed by atoms with van der Waals surface area (Å²) in [4.78, 5) is 0. The van der Waals surface area contributed by atoms with Gasteiger partial charge in [0.05, 0.1) is 6.61 Å². The Morgan fingerprint density at radius 1 is 1.29 bits per heavy atom. The molecule has 0 saturated heterocycles. The molecule has 0 saturated carbocycles. The second-order valence-corrected chi connectivity index (χ2v) is 4.69. The first-order valence-electron chi connectivity index (χ1n) is 4.22. The van der Waals surface area contributed by atoms with Crippen molar-refractivity contribution < 1.29 is 15.3 Å². The zero-order valence-corrected chi connectivity index (χ0v) is 9.67. The molecule has 0 amide bonds. The lowest BCUT2D eigenvalue weighted by molar-refractivity contribution is 0.214. The molecule has 0 aliphatic rings. The SMILES string of the molecule is CC(C)(CO)c1c(Br)ccc(O)c1O. The molecule has 14 heavy (non-hydrogen) atoms. The van der Waals surface area contributed by atoms with Crippen molar-refractivity contribution in [3.05, 3.63) is 22.2 Å². The van der Waals surface area contributed by atoms with Crippen LogP contribution in [0.25, 0.3) is 0 Å².